The van der Waals surface area contributed by atoms with E-state index in [0.717, 1.165) is 43.1 Å². The SMILES string of the molecule is CCCCCCc1nc(SCC(=O)NCCCOC)c2c(=O)n(C)c(=O)n(CCC)c2n1. The first-order valence-corrected chi connectivity index (χ1v) is 12.3. The van der Waals surface area contributed by atoms with Crippen LogP contribution >= 0.6 is 11.8 Å². The van der Waals surface area contributed by atoms with Crippen molar-refractivity contribution >= 4 is 28.7 Å². The van der Waals surface area contributed by atoms with E-state index >= 15 is 0 Å². The van der Waals surface area contributed by atoms with Crippen molar-refractivity contribution in [3.8, 4) is 0 Å². The monoisotopic (exact) mass is 465 g/mol. The summed E-state index contributed by atoms with van der Waals surface area (Å²) in [6.07, 6.45) is 6.41. The summed E-state index contributed by atoms with van der Waals surface area (Å²) in [4.78, 5) is 47.2. The van der Waals surface area contributed by atoms with E-state index in [9.17, 15) is 14.4 Å². The van der Waals surface area contributed by atoms with E-state index in [0.29, 0.717) is 48.0 Å². The van der Waals surface area contributed by atoms with Gasteiger partial charge in [0.05, 0.1) is 5.75 Å². The van der Waals surface area contributed by atoms with Crippen LogP contribution in [0.2, 0.25) is 0 Å². The molecule has 0 unspecified atom stereocenters. The smallest absolute Gasteiger partial charge is 0.332 e. The second-order valence-electron chi connectivity index (χ2n) is 7.74. The highest BCUT2D eigenvalue weighted by atomic mass is 32.2. The number of thioether (sulfide) groups is 1. The van der Waals surface area contributed by atoms with E-state index < -0.39 is 5.56 Å². The molecule has 2 rings (SSSR count). The molecule has 1 amide bonds. The van der Waals surface area contributed by atoms with Gasteiger partial charge in [-0.1, -0.05) is 44.9 Å². The van der Waals surface area contributed by atoms with Crippen molar-refractivity contribution in [1.82, 2.24) is 24.4 Å². The Morgan fingerprint density at radius 3 is 2.56 bits per heavy atom. The van der Waals surface area contributed by atoms with Crippen molar-refractivity contribution in [2.24, 2.45) is 7.05 Å². The third-order valence-corrected chi connectivity index (χ3v) is 6.06. The number of fused-ring (bicyclic) bond motifs is 1. The molecule has 2 aromatic heterocycles. The van der Waals surface area contributed by atoms with E-state index in [1.165, 1.54) is 18.8 Å². The van der Waals surface area contributed by atoms with E-state index in [-0.39, 0.29) is 17.3 Å². The summed E-state index contributed by atoms with van der Waals surface area (Å²) in [5.41, 5.74) is -0.451. The van der Waals surface area contributed by atoms with Crippen LogP contribution in [0.15, 0.2) is 14.6 Å². The number of methoxy groups -OCH3 is 1. The summed E-state index contributed by atoms with van der Waals surface area (Å²) < 4.78 is 7.63. The molecule has 0 saturated heterocycles. The largest absolute Gasteiger partial charge is 0.385 e. The lowest BCUT2D eigenvalue weighted by atomic mass is 10.1. The lowest BCUT2D eigenvalue weighted by Crippen LogP contribution is -2.39. The molecule has 2 aromatic rings. The number of rotatable bonds is 14. The molecular formula is C22H35N5O4S. The summed E-state index contributed by atoms with van der Waals surface area (Å²) >= 11 is 1.21. The van der Waals surface area contributed by atoms with Gasteiger partial charge in [-0.2, -0.15) is 0 Å². The number of carbonyl (C=O) groups excluding carboxylic acids is 1. The van der Waals surface area contributed by atoms with Gasteiger partial charge in [-0.05, 0) is 19.3 Å². The predicted molar refractivity (Wildman–Crippen MR) is 127 cm³/mol. The summed E-state index contributed by atoms with van der Waals surface area (Å²) in [7, 11) is 3.09. The number of hydrogen-bond acceptors (Lipinski definition) is 7. The number of nitrogens with one attached hydrogen (secondary N) is 1. The molecule has 0 aromatic carbocycles. The highest BCUT2D eigenvalue weighted by molar-refractivity contribution is 8.00. The lowest BCUT2D eigenvalue weighted by Gasteiger charge is -2.14. The molecule has 0 aliphatic carbocycles. The number of unbranched alkanes of at least 4 members (excludes halogenated alkanes) is 3. The zero-order valence-corrected chi connectivity index (χ0v) is 20.4. The summed E-state index contributed by atoms with van der Waals surface area (Å²) in [6.45, 7) is 5.69. The molecule has 9 nitrogen and oxygen atoms in total. The maximum absolute atomic E-state index is 13.0. The van der Waals surface area contributed by atoms with Crippen LogP contribution in [0.25, 0.3) is 11.0 Å². The van der Waals surface area contributed by atoms with Crippen molar-refractivity contribution in [3.63, 3.8) is 0 Å². The number of carbonyl (C=O) groups is 1. The van der Waals surface area contributed by atoms with Gasteiger partial charge in [0.25, 0.3) is 5.56 Å². The van der Waals surface area contributed by atoms with E-state index in [4.69, 9.17) is 4.74 Å². The second kappa shape index (κ2) is 13.4. The molecule has 0 spiro atoms. The summed E-state index contributed by atoms with van der Waals surface area (Å²) in [6, 6.07) is 0. The Kier molecular flexibility index (Phi) is 10.9. The van der Waals surface area contributed by atoms with E-state index in [1.54, 1.807) is 11.7 Å². The van der Waals surface area contributed by atoms with Crippen molar-refractivity contribution in [2.75, 3.05) is 26.0 Å². The summed E-state index contributed by atoms with van der Waals surface area (Å²) in [5.74, 6) is 0.597. The molecule has 0 bridgehead atoms. The van der Waals surface area contributed by atoms with Crippen LogP contribution in [-0.4, -0.2) is 51.0 Å². The normalized spacial score (nSPS) is 11.2. The van der Waals surface area contributed by atoms with Gasteiger partial charge < -0.3 is 10.1 Å². The Bertz CT molecular complexity index is 1020. The van der Waals surface area contributed by atoms with Crippen LogP contribution in [0.4, 0.5) is 0 Å². The fraction of sp³-hybridized carbons (Fsp3) is 0.682. The Morgan fingerprint density at radius 1 is 1.09 bits per heavy atom. The van der Waals surface area contributed by atoms with Gasteiger partial charge in [0.15, 0.2) is 5.65 Å². The van der Waals surface area contributed by atoms with Crippen molar-refractivity contribution in [3.05, 3.63) is 26.7 Å². The quantitative estimate of drug-likeness (QED) is 0.259. The molecule has 0 fully saturated rings. The maximum atomic E-state index is 13.0. The Hall–Kier alpha value is -2.20. The standard InChI is InChI=1S/C22H35N5O4S/c1-5-7-8-9-11-16-24-19-18(21(29)26(3)22(30)27(19)13-6-2)20(25-16)32-15-17(28)23-12-10-14-31-4/h5-15H2,1-4H3,(H,23,28). The van der Waals surface area contributed by atoms with Gasteiger partial charge in [-0.15, -0.1) is 0 Å². The summed E-state index contributed by atoms with van der Waals surface area (Å²) in [5, 5.41) is 3.60. The van der Waals surface area contributed by atoms with E-state index in [1.807, 2.05) is 6.92 Å². The lowest BCUT2D eigenvalue weighted by molar-refractivity contribution is -0.118. The van der Waals surface area contributed by atoms with Gasteiger partial charge >= 0.3 is 5.69 Å². The molecule has 2 heterocycles. The first kappa shape index (κ1) is 26.1. The van der Waals surface area contributed by atoms with Crippen LogP contribution in [0.1, 0.15) is 58.2 Å². The van der Waals surface area contributed by atoms with Gasteiger partial charge in [0.1, 0.15) is 16.2 Å². The van der Waals surface area contributed by atoms with E-state index in [2.05, 4.69) is 22.2 Å². The Labute approximate surface area is 193 Å². The zero-order valence-electron chi connectivity index (χ0n) is 19.6. The molecule has 0 radical (unpaired) electrons. The Balaban J connectivity index is 2.40. The molecule has 32 heavy (non-hydrogen) atoms. The minimum atomic E-state index is -0.433. The average molecular weight is 466 g/mol. The van der Waals surface area contributed by atoms with Crippen LogP contribution in [-0.2, 0) is 29.5 Å². The molecule has 0 saturated carbocycles. The number of amides is 1. The van der Waals surface area contributed by atoms with Crippen molar-refractivity contribution in [2.45, 2.75) is 70.4 Å². The van der Waals surface area contributed by atoms with Crippen LogP contribution < -0.4 is 16.6 Å². The molecule has 10 heteroatoms. The molecule has 1 N–H and O–H groups in total. The molecule has 0 atom stereocenters. The highest BCUT2D eigenvalue weighted by Crippen LogP contribution is 2.23. The Morgan fingerprint density at radius 2 is 1.88 bits per heavy atom. The number of ether oxygens (including phenoxy) is 1. The average Bonchev–Trinajstić information content (AvgIpc) is 2.79. The molecule has 0 aliphatic heterocycles. The van der Waals surface area contributed by atoms with Gasteiger partial charge in [0, 0.05) is 40.3 Å². The third-order valence-electron chi connectivity index (χ3n) is 5.08. The first-order chi connectivity index (χ1) is 15.4. The maximum Gasteiger partial charge on any atom is 0.332 e. The first-order valence-electron chi connectivity index (χ1n) is 11.3. The number of aromatic nitrogens is 4. The van der Waals surface area contributed by atoms with Crippen molar-refractivity contribution in [1.29, 1.82) is 0 Å². The fourth-order valence-corrected chi connectivity index (χ4v) is 4.22. The predicted octanol–water partition coefficient (Wildman–Crippen LogP) is 2.27. The van der Waals surface area contributed by atoms with Crippen LogP contribution in [0, 0.1) is 0 Å². The number of nitrogens with zero attached hydrogens (tertiary/aromatic N) is 4. The molecule has 0 aliphatic rings. The van der Waals surface area contributed by atoms with Crippen LogP contribution in [0.3, 0.4) is 0 Å². The minimum Gasteiger partial charge on any atom is -0.385 e. The second-order valence-corrected chi connectivity index (χ2v) is 8.70. The number of hydrogen-bond donors (Lipinski definition) is 1. The zero-order chi connectivity index (χ0) is 23.5. The van der Waals surface area contributed by atoms with Gasteiger partial charge in [0.2, 0.25) is 5.91 Å². The third kappa shape index (κ3) is 6.90. The molecule has 178 valence electrons. The number of aryl methyl sites for hydroxylation is 2. The minimum absolute atomic E-state index is 0.129. The van der Waals surface area contributed by atoms with Gasteiger partial charge in [-0.3, -0.25) is 18.7 Å². The van der Waals surface area contributed by atoms with Crippen LogP contribution in [0.5, 0.6) is 0 Å². The fourth-order valence-electron chi connectivity index (χ4n) is 3.36. The van der Waals surface area contributed by atoms with Crippen molar-refractivity contribution < 1.29 is 9.53 Å². The molecular weight excluding hydrogens is 430 g/mol. The highest BCUT2D eigenvalue weighted by Gasteiger charge is 2.19. The topological polar surface area (TPSA) is 108 Å². The van der Waals surface area contributed by atoms with Gasteiger partial charge in [-0.25, -0.2) is 14.8 Å².